The number of hydrogen-bond donors (Lipinski definition) is 0. The van der Waals surface area contributed by atoms with E-state index in [4.69, 9.17) is 14.6 Å². The van der Waals surface area contributed by atoms with Crippen molar-refractivity contribution in [2.45, 2.75) is 45.8 Å². The highest BCUT2D eigenvalue weighted by molar-refractivity contribution is 6.61. The third-order valence-corrected chi connectivity index (χ3v) is 4.67. The van der Waals surface area contributed by atoms with Crippen molar-refractivity contribution in [2.75, 3.05) is 0 Å². The van der Waals surface area contributed by atoms with Gasteiger partial charge in [0.2, 0.25) is 0 Å². The van der Waals surface area contributed by atoms with Gasteiger partial charge in [0.1, 0.15) is 5.82 Å². The third-order valence-electron chi connectivity index (χ3n) is 4.67. The van der Waals surface area contributed by atoms with Gasteiger partial charge in [0, 0.05) is 11.9 Å². The molecule has 1 aromatic heterocycles. The van der Waals surface area contributed by atoms with Gasteiger partial charge in [-0.3, -0.25) is 0 Å². The Kier molecular flexibility index (Phi) is 3.59. The second kappa shape index (κ2) is 5.22. The molecule has 0 saturated carbocycles. The van der Waals surface area contributed by atoms with Crippen molar-refractivity contribution in [2.24, 2.45) is 0 Å². The fraction of sp³-hybridized carbons (Fsp3) is 0.412. The molecule has 118 valence electrons. The molecule has 0 unspecified atom stereocenters. The molecule has 0 bridgehead atoms. The zero-order chi connectivity index (χ0) is 16.8. The standard InChI is InChI=1S/C17H20BN3O2/c1-12-20-15(18-22-16(2,3)17(4,5)23-18)11-21(12)14-8-6-13(10-19)7-9-14/h6-9,11H,1-5H3. The predicted molar refractivity (Wildman–Crippen MR) is 88.7 cm³/mol. The molecule has 1 fully saturated rings. The van der Waals surface area contributed by atoms with Crippen LogP contribution in [-0.2, 0) is 9.31 Å². The summed E-state index contributed by atoms with van der Waals surface area (Å²) in [5.41, 5.74) is 1.58. The van der Waals surface area contributed by atoms with Crippen molar-refractivity contribution in [3.63, 3.8) is 0 Å². The van der Waals surface area contributed by atoms with Gasteiger partial charge in [-0.15, -0.1) is 0 Å². The van der Waals surface area contributed by atoms with E-state index in [9.17, 15) is 0 Å². The van der Waals surface area contributed by atoms with Crippen LogP contribution in [-0.4, -0.2) is 27.9 Å². The molecule has 6 heteroatoms. The summed E-state index contributed by atoms with van der Waals surface area (Å²) in [5.74, 6) is 0.847. The van der Waals surface area contributed by atoms with Gasteiger partial charge in [-0.2, -0.15) is 5.26 Å². The van der Waals surface area contributed by atoms with Crippen LogP contribution >= 0.6 is 0 Å². The Morgan fingerprint density at radius 1 is 1.09 bits per heavy atom. The lowest BCUT2D eigenvalue weighted by atomic mass is 9.86. The summed E-state index contributed by atoms with van der Waals surface area (Å²) in [4.78, 5) is 4.59. The Morgan fingerprint density at radius 3 is 2.17 bits per heavy atom. The minimum Gasteiger partial charge on any atom is -0.398 e. The predicted octanol–water partition coefficient (Wildman–Crippen LogP) is 2.35. The summed E-state index contributed by atoms with van der Waals surface area (Å²) in [5, 5.41) is 8.90. The molecule has 1 saturated heterocycles. The smallest absolute Gasteiger partial charge is 0.398 e. The van der Waals surface area contributed by atoms with Crippen molar-refractivity contribution in [3.8, 4) is 11.8 Å². The first-order valence-corrected chi connectivity index (χ1v) is 7.65. The lowest BCUT2D eigenvalue weighted by Gasteiger charge is -2.32. The van der Waals surface area contributed by atoms with E-state index in [1.165, 1.54) is 0 Å². The maximum atomic E-state index is 8.90. The Bertz CT molecular complexity index is 756. The number of imidazole rings is 1. The molecule has 0 N–H and O–H groups in total. The average Bonchev–Trinajstić information content (AvgIpc) is 2.97. The van der Waals surface area contributed by atoms with E-state index in [0.29, 0.717) is 5.56 Å². The molecule has 1 aliphatic rings. The minimum absolute atomic E-state index is 0.385. The molecule has 5 nitrogen and oxygen atoms in total. The first-order valence-electron chi connectivity index (χ1n) is 7.65. The van der Waals surface area contributed by atoms with Crippen LogP contribution in [0.5, 0.6) is 0 Å². The molecule has 23 heavy (non-hydrogen) atoms. The molecule has 0 amide bonds. The van der Waals surface area contributed by atoms with Gasteiger partial charge in [0.15, 0.2) is 0 Å². The Hall–Kier alpha value is -2.10. The lowest BCUT2D eigenvalue weighted by molar-refractivity contribution is 0.00578. The summed E-state index contributed by atoms with van der Waals surface area (Å²) in [6.45, 7) is 10.0. The highest BCUT2D eigenvalue weighted by Gasteiger charge is 2.52. The fourth-order valence-corrected chi connectivity index (χ4v) is 2.53. The monoisotopic (exact) mass is 309 g/mol. The van der Waals surface area contributed by atoms with E-state index in [-0.39, 0.29) is 11.2 Å². The molecule has 2 heterocycles. The van der Waals surface area contributed by atoms with Crippen LogP contribution in [0, 0.1) is 18.3 Å². The van der Waals surface area contributed by atoms with Gasteiger partial charge in [0.25, 0.3) is 0 Å². The Balaban J connectivity index is 1.91. The largest absolute Gasteiger partial charge is 0.516 e. The van der Waals surface area contributed by atoms with Gasteiger partial charge in [-0.1, -0.05) is 0 Å². The van der Waals surface area contributed by atoms with E-state index >= 15 is 0 Å². The number of nitrogens with zero attached hydrogens (tertiary/aromatic N) is 3. The molecule has 2 aromatic rings. The average molecular weight is 309 g/mol. The van der Waals surface area contributed by atoms with Crippen LogP contribution in [0.3, 0.4) is 0 Å². The highest BCUT2D eigenvalue weighted by Crippen LogP contribution is 2.36. The Morgan fingerprint density at radius 2 is 1.65 bits per heavy atom. The summed E-state index contributed by atoms with van der Waals surface area (Å²) in [6, 6.07) is 9.52. The van der Waals surface area contributed by atoms with Gasteiger partial charge in [-0.05, 0) is 58.9 Å². The number of hydrogen-bond acceptors (Lipinski definition) is 4. The van der Waals surface area contributed by atoms with Crippen LogP contribution in [0.4, 0.5) is 0 Å². The van der Waals surface area contributed by atoms with E-state index in [1.807, 2.05) is 57.5 Å². The van der Waals surface area contributed by atoms with Gasteiger partial charge in [0.05, 0.1) is 28.4 Å². The van der Waals surface area contributed by atoms with Crippen LogP contribution in [0.1, 0.15) is 39.1 Å². The number of rotatable bonds is 2. The quantitative estimate of drug-likeness (QED) is 0.799. The summed E-state index contributed by atoms with van der Waals surface area (Å²) < 4.78 is 14.1. The second-order valence-electron chi connectivity index (χ2n) is 6.83. The van der Waals surface area contributed by atoms with Gasteiger partial charge >= 0.3 is 7.12 Å². The van der Waals surface area contributed by atoms with E-state index < -0.39 is 7.12 Å². The summed E-state index contributed by atoms with van der Waals surface area (Å²) >= 11 is 0. The molecular formula is C17H20BN3O2. The van der Waals surface area contributed by atoms with Crippen molar-refractivity contribution in [1.29, 1.82) is 5.26 Å². The molecule has 3 rings (SSSR count). The maximum Gasteiger partial charge on any atom is 0.516 e. The first-order chi connectivity index (χ1) is 10.7. The zero-order valence-corrected chi connectivity index (χ0v) is 14.1. The number of nitriles is 1. The second-order valence-corrected chi connectivity index (χ2v) is 6.83. The zero-order valence-electron chi connectivity index (χ0n) is 14.1. The fourth-order valence-electron chi connectivity index (χ4n) is 2.53. The molecule has 0 radical (unpaired) electrons. The normalized spacial score (nSPS) is 18.9. The van der Waals surface area contributed by atoms with E-state index in [2.05, 4.69) is 11.1 Å². The Labute approximate surface area is 137 Å². The summed E-state index contributed by atoms with van der Waals surface area (Å²) in [7, 11) is -0.474. The van der Waals surface area contributed by atoms with Crippen LogP contribution in [0.25, 0.3) is 5.69 Å². The highest BCUT2D eigenvalue weighted by atomic mass is 16.7. The lowest BCUT2D eigenvalue weighted by Crippen LogP contribution is -2.41. The van der Waals surface area contributed by atoms with E-state index in [0.717, 1.165) is 17.1 Å². The first kappa shape index (κ1) is 15.8. The summed E-state index contributed by atoms with van der Waals surface area (Å²) in [6.07, 6.45) is 1.93. The van der Waals surface area contributed by atoms with Crippen molar-refractivity contribution >= 4 is 12.7 Å². The van der Waals surface area contributed by atoms with Gasteiger partial charge < -0.3 is 13.9 Å². The molecule has 1 aliphatic heterocycles. The van der Waals surface area contributed by atoms with Crippen LogP contribution in [0.2, 0.25) is 0 Å². The SMILES string of the molecule is Cc1nc(B2OC(C)(C)C(C)(C)O2)cn1-c1ccc(C#N)cc1. The minimum atomic E-state index is -0.474. The maximum absolute atomic E-state index is 8.90. The van der Waals surface area contributed by atoms with E-state index in [1.54, 1.807) is 12.1 Å². The number of benzene rings is 1. The number of aryl methyl sites for hydroxylation is 1. The third kappa shape index (κ3) is 2.67. The number of aromatic nitrogens is 2. The molecule has 0 aliphatic carbocycles. The van der Waals surface area contributed by atoms with Crippen LogP contribution in [0.15, 0.2) is 30.5 Å². The molecule has 0 spiro atoms. The van der Waals surface area contributed by atoms with Crippen molar-refractivity contribution in [1.82, 2.24) is 9.55 Å². The molecular weight excluding hydrogens is 289 g/mol. The molecule has 1 aromatic carbocycles. The van der Waals surface area contributed by atoms with Crippen molar-refractivity contribution in [3.05, 3.63) is 41.9 Å². The molecule has 0 atom stereocenters. The van der Waals surface area contributed by atoms with Crippen LogP contribution < -0.4 is 5.59 Å². The van der Waals surface area contributed by atoms with Crippen molar-refractivity contribution < 1.29 is 9.31 Å². The topological polar surface area (TPSA) is 60.1 Å². The van der Waals surface area contributed by atoms with Gasteiger partial charge in [-0.25, -0.2) is 4.98 Å².